The number of unbranched alkanes of at least 4 members (excludes halogenated alkanes) is 1. The molecule has 3 N–H and O–H groups in total. The minimum absolute atomic E-state index is 0.309. The van der Waals surface area contributed by atoms with Crippen molar-refractivity contribution in [1.82, 2.24) is 5.43 Å². The fourth-order valence-electron chi connectivity index (χ4n) is 1.14. The summed E-state index contributed by atoms with van der Waals surface area (Å²) in [4.78, 5) is 11.2. The van der Waals surface area contributed by atoms with Gasteiger partial charge in [-0.3, -0.25) is 10.2 Å². The minimum atomic E-state index is -0.309. The Morgan fingerprint density at radius 1 is 1.53 bits per heavy atom. The van der Waals surface area contributed by atoms with Crippen molar-refractivity contribution in [2.45, 2.75) is 19.8 Å². The molecule has 0 aliphatic carbocycles. The first-order valence-electron chi connectivity index (χ1n) is 5.01. The van der Waals surface area contributed by atoms with Gasteiger partial charge in [0.15, 0.2) is 0 Å². The van der Waals surface area contributed by atoms with Gasteiger partial charge in [0.25, 0.3) is 5.91 Å². The van der Waals surface area contributed by atoms with E-state index in [4.69, 9.17) is 10.6 Å². The lowest BCUT2D eigenvalue weighted by molar-refractivity contribution is 0.0953. The molecular weight excluding hydrogens is 192 g/mol. The highest BCUT2D eigenvalue weighted by atomic mass is 16.5. The van der Waals surface area contributed by atoms with Crippen LogP contribution < -0.4 is 16.0 Å². The fourth-order valence-corrected chi connectivity index (χ4v) is 1.14. The number of rotatable bonds is 5. The van der Waals surface area contributed by atoms with Gasteiger partial charge in [0.2, 0.25) is 0 Å². The molecule has 82 valence electrons. The minimum Gasteiger partial charge on any atom is -0.494 e. The van der Waals surface area contributed by atoms with Gasteiger partial charge >= 0.3 is 0 Å². The number of benzene rings is 1. The first kappa shape index (κ1) is 11.5. The molecule has 1 rings (SSSR count). The Morgan fingerprint density at radius 3 is 3.00 bits per heavy atom. The largest absolute Gasteiger partial charge is 0.494 e. The number of carbonyl (C=O) groups excluding carboxylic acids is 1. The summed E-state index contributed by atoms with van der Waals surface area (Å²) in [6.45, 7) is 2.77. The molecule has 0 aliphatic rings. The number of nitrogen functional groups attached to an aromatic ring is 1. The third-order valence-corrected chi connectivity index (χ3v) is 1.99. The van der Waals surface area contributed by atoms with Crippen LogP contribution in [-0.2, 0) is 0 Å². The second-order valence-electron chi connectivity index (χ2n) is 3.20. The number of hydrazine groups is 1. The van der Waals surface area contributed by atoms with Gasteiger partial charge in [-0.1, -0.05) is 19.4 Å². The molecule has 1 amide bonds. The summed E-state index contributed by atoms with van der Waals surface area (Å²) in [5.41, 5.74) is 2.59. The van der Waals surface area contributed by atoms with Crippen LogP contribution in [0, 0.1) is 0 Å². The van der Waals surface area contributed by atoms with Gasteiger partial charge in [-0.15, -0.1) is 0 Å². The molecule has 1 aromatic carbocycles. The maximum atomic E-state index is 11.2. The van der Waals surface area contributed by atoms with Gasteiger partial charge in [-0.05, 0) is 24.6 Å². The molecule has 0 atom stereocenters. The van der Waals surface area contributed by atoms with Crippen LogP contribution >= 0.6 is 0 Å². The topological polar surface area (TPSA) is 64.3 Å². The second-order valence-corrected chi connectivity index (χ2v) is 3.20. The van der Waals surface area contributed by atoms with E-state index in [1.807, 2.05) is 6.07 Å². The first-order chi connectivity index (χ1) is 7.27. The third-order valence-electron chi connectivity index (χ3n) is 1.99. The van der Waals surface area contributed by atoms with E-state index >= 15 is 0 Å². The smallest absolute Gasteiger partial charge is 0.265 e. The standard InChI is InChI=1S/C11H16N2O2/c1-2-3-7-15-10-6-4-5-9(8-10)11(14)13-12/h4-6,8H,2-3,7,12H2,1H3,(H,13,14). The summed E-state index contributed by atoms with van der Waals surface area (Å²) in [6.07, 6.45) is 2.09. The molecule has 0 saturated carbocycles. The van der Waals surface area contributed by atoms with Crippen LogP contribution in [-0.4, -0.2) is 12.5 Å². The second kappa shape index (κ2) is 6.03. The van der Waals surface area contributed by atoms with Crippen molar-refractivity contribution in [1.29, 1.82) is 0 Å². The normalized spacial score (nSPS) is 9.73. The van der Waals surface area contributed by atoms with Crippen LogP contribution in [0.25, 0.3) is 0 Å². The quantitative estimate of drug-likeness (QED) is 0.333. The highest BCUT2D eigenvalue weighted by Crippen LogP contribution is 2.13. The molecule has 0 aliphatic heterocycles. The van der Waals surface area contributed by atoms with Crippen molar-refractivity contribution in [3.8, 4) is 5.75 Å². The number of nitrogens with two attached hydrogens (primary N) is 1. The van der Waals surface area contributed by atoms with E-state index in [1.54, 1.807) is 18.2 Å². The molecular formula is C11H16N2O2. The molecule has 0 bridgehead atoms. The third kappa shape index (κ3) is 3.59. The lowest BCUT2D eigenvalue weighted by Crippen LogP contribution is -2.29. The number of amides is 1. The summed E-state index contributed by atoms with van der Waals surface area (Å²) >= 11 is 0. The monoisotopic (exact) mass is 208 g/mol. The van der Waals surface area contributed by atoms with Crippen LogP contribution in [0.2, 0.25) is 0 Å². The number of hydrogen-bond acceptors (Lipinski definition) is 3. The molecule has 4 heteroatoms. The summed E-state index contributed by atoms with van der Waals surface area (Å²) in [6, 6.07) is 6.96. The molecule has 15 heavy (non-hydrogen) atoms. The number of carbonyl (C=O) groups is 1. The molecule has 0 radical (unpaired) electrons. The average Bonchev–Trinajstić information content (AvgIpc) is 2.29. The lowest BCUT2D eigenvalue weighted by Gasteiger charge is -2.06. The van der Waals surface area contributed by atoms with Gasteiger partial charge < -0.3 is 4.74 Å². The predicted molar refractivity (Wildman–Crippen MR) is 58.5 cm³/mol. The molecule has 0 fully saturated rings. The first-order valence-corrected chi connectivity index (χ1v) is 5.01. The van der Waals surface area contributed by atoms with E-state index < -0.39 is 0 Å². The summed E-state index contributed by atoms with van der Waals surface area (Å²) in [5.74, 6) is 5.42. The zero-order valence-corrected chi connectivity index (χ0v) is 8.82. The van der Waals surface area contributed by atoms with Crippen molar-refractivity contribution in [2.75, 3.05) is 6.61 Å². The van der Waals surface area contributed by atoms with E-state index in [1.165, 1.54) is 0 Å². The van der Waals surface area contributed by atoms with Crippen LogP contribution in [0.1, 0.15) is 30.1 Å². The maximum Gasteiger partial charge on any atom is 0.265 e. The van der Waals surface area contributed by atoms with E-state index in [-0.39, 0.29) is 5.91 Å². The average molecular weight is 208 g/mol. The SMILES string of the molecule is CCCCOc1cccc(C(=O)NN)c1. The molecule has 0 aromatic heterocycles. The van der Waals surface area contributed by atoms with Crippen LogP contribution in [0.4, 0.5) is 0 Å². The Morgan fingerprint density at radius 2 is 2.33 bits per heavy atom. The molecule has 1 aromatic rings. The van der Waals surface area contributed by atoms with Crippen molar-refractivity contribution in [2.24, 2.45) is 5.84 Å². The molecule has 0 saturated heterocycles. The maximum absolute atomic E-state index is 11.2. The Balaban J connectivity index is 2.62. The summed E-state index contributed by atoms with van der Waals surface area (Å²) < 4.78 is 5.46. The van der Waals surface area contributed by atoms with E-state index in [9.17, 15) is 4.79 Å². The van der Waals surface area contributed by atoms with E-state index in [2.05, 4.69) is 12.3 Å². The molecule has 0 heterocycles. The Bertz CT molecular complexity index is 326. The van der Waals surface area contributed by atoms with Crippen LogP contribution in [0.5, 0.6) is 5.75 Å². The zero-order valence-electron chi connectivity index (χ0n) is 8.82. The Kier molecular flexibility index (Phi) is 4.63. The summed E-state index contributed by atoms with van der Waals surface area (Å²) in [7, 11) is 0. The number of hydrogen-bond donors (Lipinski definition) is 2. The van der Waals surface area contributed by atoms with Gasteiger partial charge in [0, 0.05) is 5.56 Å². The van der Waals surface area contributed by atoms with Gasteiger partial charge in [-0.25, -0.2) is 5.84 Å². The Hall–Kier alpha value is -1.55. The van der Waals surface area contributed by atoms with E-state index in [0.717, 1.165) is 12.8 Å². The molecule has 0 spiro atoms. The predicted octanol–water partition coefficient (Wildman–Crippen LogP) is 1.47. The highest BCUT2D eigenvalue weighted by Gasteiger charge is 2.03. The van der Waals surface area contributed by atoms with Crippen molar-refractivity contribution in [3.63, 3.8) is 0 Å². The number of ether oxygens (including phenoxy) is 1. The zero-order chi connectivity index (χ0) is 11.1. The number of nitrogens with one attached hydrogen (secondary N) is 1. The Labute approximate surface area is 89.4 Å². The van der Waals surface area contributed by atoms with Crippen molar-refractivity contribution in [3.05, 3.63) is 29.8 Å². The molecule has 0 unspecified atom stereocenters. The lowest BCUT2D eigenvalue weighted by atomic mass is 10.2. The van der Waals surface area contributed by atoms with Gasteiger partial charge in [-0.2, -0.15) is 0 Å². The van der Waals surface area contributed by atoms with Crippen molar-refractivity contribution < 1.29 is 9.53 Å². The van der Waals surface area contributed by atoms with Crippen molar-refractivity contribution >= 4 is 5.91 Å². The fraction of sp³-hybridized carbons (Fsp3) is 0.364. The van der Waals surface area contributed by atoms with Gasteiger partial charge in [0.1, 0.15) is 5.75 Å². The molecule has 4 nitrogen and oxygen atoms in total. The van der Waals surface area contributed by atoms with E-state index in [0.29, 0.717) is 17.9 Å². The summed E-state index contributed by atoms with van der Waals surface area (Å²) in [5, 5.41) is 0. The van der Waals surface area contributed by atoms with Gasteiger partial charge in [0.05, 0.1) is 6.61 Å². The highest BCUT2D eigenvalue weighted by molar-refractivity contribution is 5.94. The van der Waals surface area contributed by atoms with Crippen LogP contribution in [0.3, 0.4) is 0 Å². The van der Waals surface area contributed by atoms with Crippen LogP contribution in [0.15, 0.2) is 24.3 Å².